The molecule has 3 rings (SSSR count). The van der Waals surface area contributed by atoms with Crippen LogP contribution < -0.4 is 5.32 Å². The van der Waals surface area contributed by atoms with Gasteiger partial charge in [-0.1, -0.05) is 11.6 Å². The lowest BCUT2D eigenvalue weighted by Gasteiger charge is -2.34. The molecule has 0 unspecified atom stereocenters. The molecule has 2 aromatic rings. The molecular formula is C21H20ClF3N4O2. The van der Waals surface area contributed by atoms with E-state index in [4.69, 9.17) is 16.9 Å². The van der Waals surface area contributed by atoms with Crippen LogP contribution in [-0.2, 0) is 6.54 Å². The molecule has 1 aromatic heterocycles. The lowest BCUT2D eigenvalue weighted by Crippen LogP contribution is -2.46. The normalized spacial score (nSPS) is 20.7. The van der Waals surface area contributed by atoms with Crippen molar-refractivity contribution in [3.8, 4) is 17.2 Å². The maximum absolute atomic E-state index is 14.5. The number of benzene rings is 1. The Balaban J connectivity index is 1.68. The van der Waals surface area contributed by atoms with Gasteiger partial charge >= 0.3 is 6.03 Å². The maximum atomic E-state index is 14.5. The maximum Gasteiger partial charge on any atom is 0.341 e. The predicted molar refractivity (Wildman–Crippen MR) is 107 cm³/mol. The van der Waals surface area contributed by atoms with Crippen LogP contribution >= 0.6 is 11.6 Å². The largest absolute Gasteiger partial charge is 0.341 e. The quantitative estimate of drug-likeness (QED) is 0.497. The lowest BCUT2D eigenvalue weighted by molar-refractivity contribution is -0.0972. The number of hydrogen-bond acceptors (Lipinski definition) is 4. The first-order chi connectivity index (χ1) is 14.6. The smallest absolute Gasteiger partial charge is 0.330 e. The zero-order valence-electron chi connectivity index (χ0n) is 16.6. The van der Waals surface area contributed by atoms with Crippen molar-refractivity contribution in [3.63, 3.8) is 0 Å². The highest BCUT2D eigenvalue weighted by Crippen LogP contribution is 2.33. The van der Waals surface area contributed by atoms with Crippen molar-refractivity contribution in [1.82, 2.24) is 15.4 Å². The number of nitrogens with zero attached hydrogens (tertiary/aromatic N) is 3. The Bertz CT molecular complexity index is 1030. The van der Waals surface area contributed by atoms with Gasteiger partial charge in [-0.05, 0) is 50.8 Å². The second-order valence-electron chi connectivity index (χ2n) is 7.72. The van der Waals surface area contributed by atoms with Gasteiger partial charge < -0.3 is 5.32 Å². The summed E-state index contributed by atoms with van der Waals surface area (Å²) < 4.78 is 42.3. The van der Waals surface area contributed by atoms with Crippen molar-refractivity contribution in [3.05, 3.63) is 52.3 Å². The average Bonchev–Trinajstić information content (AvgIpc) is 2.71. The van der Waals surface area contributed by atoms with E-state index in [2.05, 4.69) is 10.3 Å². The van der Waals surface area contributed by atoms with Crippen molar-refractivity contribution in [1.29, 1.82) is 5.26 Å². The van der Waals surface area contributed by atoms with Crippen LogP contribution in [0.15, 0.2) is 24.4 Å². The number of nitriles is 1. The van der Waals surface area contributed by atoms with Gasteiger partial charge in [0.25, 0.3) is 0 Å². The molecule has 0 atom stereocenters. The summed E-state index contributed by atoms with van der Waals surface area (Å²) in [6, 6.07) is 3.72. The SMILES string of the molecule is CC1(F)CCC(N(O)C(=O)NCc2ncc(-c3cc(Cl)cc(F)c3C#N)cc2F)CC1. The highest BCUT2D eigenvalue weighted by molar-refractivity contribution is 6.31. The Kier molecular flexibility index (Phi) is 6.72. The standard InChI is InChI=1S/C21H20ClF3N4O2/c1-21(25)4-2-14(3-5-21)29(31)20(30)28-11-19-18(24)6-12(10-27-19)15-7-13(22)8-17(23)16(15)9-26/h6-8,10,14,31H,2-5,11H2,1H3,(H,28,30). The minimum atomic E-state index is -1.31. The highest BCUT2D eigenvalue weighted by Gasteiger charge is 2.34. The van der Waals surface area contributed by atoms with Crippen molar-refractivity contribution in [2.24, 2.45) is 0 Å². The van der Waals surface area contributed by atoms with E-state index < -0.39 is 29.4 Å². The van der Waals surface area contributed by atoms with Gasteiger partial charge in [-0.15, -0.1) is 0 Å². The number of carbonyl (C=O) groups excluding carboxylic acids is 1. The van der Waals surface area contributed by atoms with Gasteiger partial charge in [0, 0.05) is 22.3 Å². The summed E-state index contributed by atoms with van der Waals surface area (Å²) in [7, 11) is 0. The molecule has 0 bridgehead atoms. The van der Waals surface area contributed by atoms with Gasteiger partial charge in [0.2, 0.25) is 0 Å². The molecule has 0 aliphatic heterocycles. The Morgan fingerprint density at radius 2 is 2.03 bits per heavy atom. The summed E-state index contributed by atoms with van der Waals surface area (Å²) in [4.78, 5) is 16.1. The molecule has 2 N–H and O–H groups in total. The summed E-state index contributed by atoms with van der Waals surface area (Å²) in [6.45, 7) is 1.17. The molecule has 1 saturated carbocycles. The van der Waals surface area contributed by atoms with E-state index in [1.165, 1.54) is 19.2 Å². The fourth-order valence-electron chi connectivity index (χ4n) is 3.51. The third kappa shape index (κ3) is 5.27. The number of urea groups is 1. The topological polar surface area (TPSA) is 89.2 Å². The van der Waals surface area contributed by atoms with Crippen molar-refractivity contribution >= 4 is 17.6 Å². The monoisotopic (exact) mass is 452 g/mol. The number of nitrogens with one attached hydrogen (secondary N) is 1. The fraction of sp³-hybridized carbons (Fsp3) is 0.381. The van der Waals surface area contributed by atoms with E-state index in [1.54, 1.807) is 6.07 Å². The lowest BCUT2D eigenvalue weighted by atomic mass is 9.85. The molecule has 0 spiro atoms. The molecule has 1 aliphatic rings. The number of carbonyl (C=O) groups is 1. The minimum absolute atomic E-state index is 0.0436. The zero-order chi connectivity index (χ0) is 22.8. The Labute approximate surface area is 182 Å². The Morgan fingerprint density at radius 1 is 1.35 bits per heavy atom. The number of pyridine rings is 1. The number of rotatable bonds is 4. The second kappa shape index (κ2) is 9.12. The number of halogens is 4. The van der Waals surface area contributed by atoms with Crippen LogP contribution in [-0.4, -0.2) is 33.0 Å². The van der Waals surface area contributed by atoms with Crippen LogP contribution in [0.3, 0.4) is 0 Å². The van der Waals surface area contributed by atoms with Crippen LogP contribution in [0.25, 0.3) is 11.1 Å². The highest BCUT2D eigenvalue weighted by atomic mass is 35.5. The number of alkyl halides is 1. The minimum Gasteiger partial charge on any atom is -0.330 e. The Morgan fingerprint density at radius 3 is 2.65 bits per heavy atom. The first kappa shape index (κ1) is 22.8. The average molecular weight is 453 g/mol. The summed E-state index contributed by atoms with van der Waals surface area (Å²) in [5.74, 6) is -1.63. The van der Waals surface area contributed by atoms with Crippen molar-refractivity contribution in [2.75, 3.05) is 0 Å². The number of hydroxylamine groups is 2. The third-order valence-electron chi connectivity index (χ3n) is 5.35. The first-order valence-electron chi connectivity index (χ1n) is 9.60. The molecule has 1 fully saturated rings. The van der Waals surface area contributed by atoms with Gasteiger partial charge in [0.05, 0.1) is 23.8 Å². The van der Waals surface area contributed by atoms with E-state index in [-0.39, 0.29) is 46.8 Å². The molecule has 0 radical (unpaired) electrons. The molecule has 1 aromatic carbocycles. The molecule has 164 valence electrons. The van der Waals surface area contributed by atoms with E-state index in [0.29, 0.717) is 17.9 Å². The molecule has 6 nitrogen and oxygen atoms in total. The Hall–Kier alpha value is -2.83. The molecular weight excluding hydrogens is 433 g/mol. The molecule has 10 heteroatoms. The molecule has 2 amide bonds. The second-order valence-corrected chi connectivity index (χ2v) is 8.16. The van der Waals surface area contributed by atoms with Gasteiger partial charge in [-0.3, -0.25) is 10.2 Å². The van der Waals surface area contributed by atoms with E-state index >= 15 is 0 Å². The number of amides is 2. The molecule has 0 saturated heterocycles. The zero-order valence-corrected chi connectivity index (χ0v) is 17.4. The molecule has 1 aliphatic carbocycles. The predicted octanol–water partition coefficient (Wildman–Crippen LogP) is 5.12. The van der Waals surface area contributed by atoms with Gasteiger partial charge in [0.15, 0.2) is 0 Å². The molecule has 1 heterocycles. The van der Waals surface area contributed by atoms with Crippen LogP contribution in [0.4, 0.5) is 18.0 Å². The van der Waals surface area contributed by atoms with Gasteiger partial charge in [-0.25, -0.2) is 23.0 Å². The van der Waals surface area contributed by atoms with Crippen molar-refractivity contribution in [2.45, 2.75) is 50.9 Å². The van der Waals surface area contributed by atoms with Gasteiger partial charge in [-0.2, -0.15) is 5.26 Å². The fourth-order valence-corrected chi connectivity index (χ4v) is 3.72. The van der Waals surface area contributed by atoms with E-state index in [0.717, 1.165) is 12.1 Å². The van der Waals surface area contributed by atoms with Crippen LogP contribution in [0.2, 0.25) is 5.02 Å². The summed E-state index contributed by atoms with van der Waals surface area (Å²) in [6.07, 6.45) is 2.32. The third-order valence-corrected chi connectivity index (χ3v) is 5.57. The number of hydrogen-bond donors (Lipinski definition) is 2. The van der Waals surface area contributed by atoms with Crippen LogP contribution in [0.1, 0.15) is 43.9 Å². The van der Waals surface area contributed by atoms with Gasteiger partial charge in [0.1, 0.15) is 23.4 Å². The summed E-state index contributed by atoms with van der Waals surface area (Å²) in [5.41, 5.74) is -1.48. The van der Waals surface area contributed by atoms with E-state index in [1.807, 2.05) is 0 Å². The number of aromatic nitrogens is 1. The van der Waals surface area contributed by atoms with Crippen LogP contribution in [0.5, 0.6) is 0 Å². The van der Waals surface area contributed by atoms with Crippen molar-refractivity contribution < 1.29 is 23.2 Å². The van der Waals surface area contributed by atoms with E-state index in [9.17, 15) is 23.2 Å². The summed E-state index contributed by atoms with van der Waals surface area (Å²) in [5, 5.41) is 22.2. The molecule has 31 heavy (non-hydrogen) atoms. The first-order valence-corrected chi connectivity index (χ1v) is 9.98. The van der Waals surface area contributed by atoms with Crippen LogP contribution in [0, 0.1) is 23.0 Å². The summed E-state index contributed by atoms with van der Waals surface area (Å²) >= 11 is 5.83.